The number of hydrogen-bond donors (Lipinski definition) is 0. The van der Waals surface area contributed by atoms with Crippen LogP contribution in [0.1, 0.15) is 47.5 Å². The van der Waals surface area contributed by atoms with Crippen LogP contribution in [-0.4, -0.2) is 41.9 Å². The number of carbonyl (C=O) groups is 1. The Morgan fingerprint density at radius 1 is 1.11 bits per heavy atom. The highest BCUT2D eigenvalue weighted by Crippen LogP contribution is 2.38. The Hall–Kier alpha value is -1.04. The molecule has 156 valence electrons. The van der Waals surface area contributed by atoms with E-state index in [9.17, 15) is 4.79 Å². The lowest BCUT2D eigenvalue weighted by Gasteiger charge is -2.39. The summed E-state index contributed by atoms with van der Waals surface area (Å²) < 4.78 is 16.5. The monoisotopic (exact) mass is 412 g/mol. The zero-order valence-electron chi connectivity index (χ0n) is 19.1. The molecule has 0 saturated carbocycles. The second-order valence-electron chi connectivity index (χ2n) is 9.40. The first-order chi connectivity index (χ1) is 12.2. The van der Waals surface area contributed by atoms with Crippen molar-refractivity contribution in [3.05, 3.63) is 11.6 Å². The molecule has 0 unspecified atom stereocenters. The highest BCUT2D eigenvalue weighted by molar-refractivity contribution is 6.83. The highest BCUT2D eigenvalue weighted by Gasteiger charge is 2.39. The Bertz CT molecular complexity index is 557. The van der Waals surface area contributed by atoms with Crippen LogP contribution in [0, 0.1) is 11.5 Å². The van der Waals surface area contributed by atoms with Gasteiger partial charge in [-0.25, -0.2) is 4.79 Å². The quantitative estimate of drug-likeness (QED) is 0.207. The van der Waals surface area contributed by atoms with Gasteiger partial charge in [0.1, 0.15) is 14.7 Å². The third-order valence-corrected chi connectivity index (χ3v) is 10.0. The van der Waals surface area contributed by atoms with Gasteiger partial charge < -0.3 is 13.9 Å². The Kier molecular flexibility index (Phi) is 10.7. The fraction of sp³-hybridized carbons (Fsp3) is 0.762. The summed E-state index contributed by atoms with van der Waals surface area (Å²) in [5.74, 6) is 3.34. The summed E-state index contributed by atoms with van der Waals surface area (Å²) in [7, 11) is -3.27. The molecular weight excluding hydrogens is 372 g/mol. The molecule has 0 aliphatic heterocycles. The van der Waals surface area contributed by atoms with Crippen molar-refractivity contribution in [1.82, 2.24) is 0 Å². The molecule has 0 radical (unpaired) electrons. The van der Waals surface area contributed by atoms with E-state index in [-0.39, 0.29) is 17.7 Å². The molecule has 0 aliphatic rings. The zero-order chi connectivity index (χ0) is 21.3. The summed E-state index contributed by atoms with van der Waals surface area (Å²) in [6, 6.07) is 0. The van der Waals surface area contributed by atoms with Crippen molar-refractivity contribution in [2.45, 2.75) is 91.3 Å². The molecule has 0 aromatic rings. The predicted molar refractivity (Wildman–Crippen MR) is 119 cm³/mol. The molecule has 0 spiro atoms. The van der Waals surface area contributed by atoms with Crippen LogP contribution < -0.4 is 0 Å². The number of carbonyl (C=O) groups excluding carboxylic acids is 1. The van der Waals surface area contributed by atoms with E-state index in [4.69, 9.17) is 13.9 Å². The van der Waals surface area contributed by atoms with Gasteiger partial charge in [-0.15, -0.1) is 11.5 Å². The maximum Gasteiger partial charge on any atom is 0.508 e. The Morgan fingerprint density at radius 3 is 2.19 bits per heavy atom. The van der Waals surface area contributed by atoms with Gasteiger partial charge >= 0.3 is 6.16 Å². The van der Waals surface area contributed by atoms with Crippen molar-refractivity contribution >= 4 is 22.5 Å². The van der Waals surface area contributed by atoms with Crippen LogP contribution in [-0.2, 0) is 13.9 Å². The van der Waals surface area contributed by atoms with Crippen LogP contribution in [0.15, 0.2) is 11.6 Å². The summed E-state index contributed by atoms with van der Waals surface area (Å²) in [6.07, 6.45) is 2.94. The molecule has 27 heavy (non-hydrogen) atoms. The third kappa shape index (κ3) is 11.4. The molecule has 0 aliphatic carbocycles. The molecule has 0 N–H and O–H groups in total. The lowest BCUT2D eigenvalue weighted by atomic mass is 10.1. The van der Waals surface area contributed by atoms with Gasteiger partial charge in [0.25, 0.3) is 0 Å². The molecular formula is C21H40O4Si2. The van der Waals surface area contributed by atoms with Crippen molar-refractivity contribution < 1.29 is 18.7 Å². The highest BCUT2D eigenvalue weighted by atomic mass is 28.4. The van der Waals surface area contributed by atoms with Crippen molar-refractivity contribution in [3.63, 3.8) is 0 Å². The van der Waals surface area contributed by atoms with Crippen LogP contribution in [0.2, 0.25) is 37.8 Å². The van der Waals surface area contributed by atoms with Crippen LogP contribution in [0.3, 0.4) is 0 Å². The minimum atomic E-state index is -1.91. The second-order valence-corrected chi connectivity index (χ2v) is 18.9. The second kappa shape index (κ2) is 11.1. The van der Waals surface area contributed by atoms with Gasteiger partial charge in [0.05, 0.1) is 12.7 Å². The van der Waals surface area contributed by atoms with Gasteiger partial charge in [-0.3, -0.25) is 0 Å². The van der Waals surface area contributed by atoms with Crippen LogP contribution in [0.4, 0.5) is 4.79 Å². The number of ether oxygens (including phenoxy) is 2. The van der Waals surface area contributed by atoms with E-state index in [0.29, 0.717) is 6.61 Å². The molecule has 0 saturated heterocycles. The van der Waals surface area contributed by atoms with E-state index in [1.807, 2.05) is 13.0 Å². The number of hydrogen-bond acceptors (Lipinski definition) is 4. The molecule has 0 heterocycles. The molecule has 1 atom stereocenters. The first-order valence-corrected chi connectivity index (χ1v) is 16.2. The summed E-state index contributed by atoms with van der Waals surface area (Å²) >= 11 is 0. The van der Waals surface area contributed by atoms with Gasteiger partial charge in [-0.05, 0) is 50.0 Å². The fourth-order valence-electron chi connectivity index (χ4n) is 1.98. The average molecular weight is 413 g/mol. The Morgan fingerprint density at radius 2 is 1.70 bits per heavy atom. The molecule has 6 heteroatoms. The molecule has 0 rings (SSSR count). The minimum Gasteiger partial charge on any atom is -0.435 e. The number of rotatable bonds is 8. The van der Waals surface area contributed by atoms with Gasteiger partial charge in [0.15, 0.2) is 8.32 Å². The van der Waals surface area contributed by atoms with E-state index in [1.54, 1.807) is 6.92 Å². The first kappa shape index (κ1) is 26.0. The molecule has 4 nitrogen and oxygen atoms in total. The standard InChI is InChI=1S/C21H40O4Si2/c1-11-23-20(22)24-16-15-18(2)19(14-12-13-17-26(6,7)8)25-27(9,10)21(3,4)5/h15,19H,11-12,14,16H2,1-10H3/b18-15+/t19-/m0/s1. The van der Waals surface area contributed by atoms with Gasteiger partial charge in [0.2, 0.25) is 0 Å². The smallest absolute Gasteiger partial charge is 0.435 e. The van der Waals surface area contributed by atoms with E-state index in [1.165, 1.54) is 0 Å². The maximum atomic E-state index is 11.3. The van der Waals surface area contributed by atoms with E-state index >= 15 is 0 Å². The molecule has 0 fully saturated rings. The van der Waals surface area contributed by atoms with Crippen LogP contribution in [0.25, 0.3) is 0 Å². The lowest BCUT2D eigenvalue weighted by Crippen LogP contribution is -2.44. The first-order valence-electron chi connectivity index (χ1n) is 9.83. The predicted octanol–water partition coefficient (Wildman–Crippen LogP) is 6.16. The van der Waals surface area contributed by atoms with E-state index in [0.717, 1.165) is 18.4 Å². The molecule has 0 amide bonds. The summed E-state index contributed by atoms with van der Waals surface area (Å²) in [6.45, 7) is 22.3. The summed E-state index contributed by atoms with van der Waals surface area (Å²) in [5.41, 5.74) is 4.50. The van der Waals surface area contributed by atoms with Gasteiger partial charge in [-0.2, -0.15) is 0 Å². The summed E-state index contributed by atoms with van der Waals surface area (Å²) in [4.78, 5) is 11.3. The van der Waals surface area contributed by atoms with Crippen LogP contribution in [0.5, 0.6) is 0 Å². The Labute approximate surface area is 169 Å². The SMILES string of the molecule is CCOC(=O)OC/C=C(\C)[C@H](CCC#C[Si](C)(C)C)O[Si](C)(C)C(C)(C)C. The average Bonchev–Trinajstić information content (AvgIpc) is 2.48. The van der Waals surface area contributed by atoms with Crippen molar-refractivity contribution in [2.24, 2.45) is 0 Å². The van der Waals surface area contributed by atoms with Gasteiger partial charge in [0, 0.05) is 6.42 Å². The zero-order valence-corrected chi connectivity index (χ0v) is 21.1. The van der Waals surface area contributed by atoms with Crippen molar-refractivity contribution in [2.75, 3.05) is 13.2 Å². The van der Waals surface area contributed by atoms with Gasteiger partial charge in [-0.1, -0.05) is 40.4 Å². The summed E-state index contributed by atoms with van der Waals surface area (Å²) in [5, 5.41) is 0.136. The van der Waals surface area contributed by atoms with E-state index in [2.05, 4.69) is 65.0 Å². The third-order valence-electron chi connectivity index (χ3n) is 4.61. The molecule has 0 bridgehead atoms. The normalized spacial score (nSPS) is 14.2. The topological polar surface area (TPSA) is 44.8 Å². The largest absolute Gasteiger partial charge is 0.508 e. The minimum absolute atomic E-state index is 0.00683. The fourth-order valence-corrected chi connectivity index (χ4v) is 4.00. The van der Waals surface area contributed by atoms with Crippen molar-refractivity contribution in [3.8, 4) is 11.5 Å². The molecule has 0 aromatic carbocycles. The Balaban J connectivity index is 5.15. The molecule has 0 aromatic heterocycles. The van der Waals surface area contributed by atoms with E-state index < -0.39 is 22.5 Å². The van der Waals surface area contributed by atoms with Crippen molar-refractivity contribution in [1.29, 1.82) is 0 Å². The van der Waals surface area contributed by atoms with Crippen LogP contribution >= 0.6 is 0 Å². The lowest BCUT2D eigenvalue weighted by molar-refractivity contribution is 0.0669. The maximum absolute atomic E-state index is 11.3.